The van der Waals surface area contributed by atoms with Gasteiger partial charge in [0, 0.05) is 28.4 Å². The summed E-state index contributed by atoms with van der Waals surface area (Å²) in [6, 6.07) is 15.9. The number of halogens is 2. The van der Waals surface area contributed by atoms with Crippen LogP contribution in [0.5, 0.6) is 0 Å². The summed E-state index contributed by atoms with van der Waals surface area (Å²) < 4.78 is 0. The number of rotatable bonds is 6. The topological polar surface area (TPSA) is 20.3 Å². The first-order valence-electron chi connectivity index (χ1n) is 9.83. The van der Waals surface area contributed by atoms with Crippen molar-refractivity contribution in [2.45, 2.75) is 38.6 Å². The molecule has 2 unspecified atom stereocenters. The zero-order chi connectivity index (χ0) is 20.3. The molecule has 1 aliphatic rings. The average molecular weight is 416 g/mol. The van der Waals surface area contributed by atoms with Gasteiger partial charge < -0.3 is 4.90 Å². The fraction of sp³-hybridized carbons (Fsp3) is 0.375. The van der Waals surface area contributed by atoms with E-state index in [1.807, 2.05) is 48.5 Å². The van der Waals surface area contributed by atoms with Gasteiger partial charge in [-0.05, 0) is 54.2 Å². The second-order valence-corrected chi connectivity index (χ2v) is 8.87. The van der Waals surface area contributed by atoms with Crippen molar-refractivity contribution in [3.05, 3.63) is 82.4 Å². The van der Waals surface area contributed by atoms with Gasteiger partial charge in [-0.1, -0.05) is 67.4 Å². The lowest BCUT2D eigenvalue weighted by Gasteiger charge is -2.45. The number of piperidine rings is 1. The van der Waals surface area contributed by atoms with E-state index < -0.39 is 0 Å². The highest BCUT2D eigenvalue weighted by Crippen LogP contribution is 2.46. The molecule has 148 valence electrons. The van der Waals surface area contributed by atoms with Gasteiger partial charge in [-0.15, -0.1) is 6.58 Å². The Morgan fingerprint density at radius 3 is 2.43 bits per heavy atom. The van der Waals surface area contributed by atoms with Crippen molar-refractivity contribution in [3.63, 3.8) is 0 Å². The van der Waals surface area contributed by atoms with E-state index in [1.165, 1.54) is 5.56 Å². The van der Waals surface area contributed by atoms with Crippen LogP contribution in [0.4, 0.5) is 0 Å². The van der Waals surface area contributed by atoms with E-state index in [9.17, 15) is 4.79 Å². The molecule has 0 aromatic heterocycles. The molecule has 2 aromatic carbocycles. The first kappa shape index (κ1) is 21.0. The Hall–Kier alpha value is -1.77. The Morgan fingerprint density at radius 2 is 1.82 bits per heavy atom. The predicted molar refractivity (Wildman–Crippen MR) is 118 cm³/mol. The van der Waals surface area contributed by atoms with Crippen LogP contribution in [0.1, 0.15) is 49.8 Å². The number of nitrogens with zero attached hydrogens (tertiary/aromatic N) is 1. The van der Waals surface area contributed by atoms with E-state index in [1.54, 1.807) is 0 Å². The van der Waals surface area contributed by atoms with Gasteiger partial charge in [0.15, 0.2) is 0 Å². The minimum absolute atomic E-state index is 0.0355. The summed E-state index contributed by atoms with van der Waals surface area (Å²) in [4.78, 5) is 15.4. The minimum atomic E-state index is -0.0521. The summed E-state index contributed by atoms with van der Waals surface area (Å²) in [5.41, 5.74) is 2.28. The summed E-state index contributed by atoms with van der Waals surface area (Å²) in [5, 5.41) is 1.42. The van der Waals surface area contributed by atoms with Gasteiger partial charge in [0.05, 0.1) is 6.04 Å². The zero-order valence-corrected chi connectivity index (χ0v) is 18.0. The van der Waals surface area contributed by atoms with E-state index in [2.05, 4.69) is 31.4 Å². The monoisotopic (exact) mass is 415 g/mol. The molecule has 0 bridgehead atoms. The van der Waals surface area contributed by atoms with E-state index in [-0.39, 0.29) is 23.8 Å². The van der Waals surface area contributed by atoms with Crippen molar-refractivity contribution >= 4 is 29.1 Å². The molecule has 3 rings (SSSR count). The maximum absolute atomic E-state index is 13.4. The number of allylic oxidation sites excluding steroid dienone is 1. The Bertz CT molecular complexity index is 831. The van der Waals surface area contributed by atoms with Gasteiger partial charge in [0.1, 0.15) is 0 Å². The van der Waals surface area contributed by atoms with Crippen LogP contribution in [0.15, 0.2) is 61.2 Å². The number of carbonyl (C=O) groups excluding carboxylic acids is 1. The van der Waals surface area contributed by atoms with Crippen molar-refractivity contribution in [2.75, 3.05) is 6.54 Å². The number of amides is 1. The van der Waals surface area contributed by atoms with Crippen LogP contribution >= 0.6 is 23.2 Å². The highest BCUT2D eigenvalue weighted by Gasteiger charge is 2.42. The van der Waals surface area contributed by atoms with Gasteiger partial charge in [-0.2, -0.15) is 0 Å². The van der Waals surface area contributed by atoms with Crippen LogP contribution in [0, 0.1) is 11.8 Å². The summed E-state index contributed by atoms with van der Waals surface area (Å²) in [5.74, 6) is 0.707. The van der Waals surface area contributed by atoms with Crippen LogP contribution in [-0.4, -0.2) is 17.4 Å². The molecule has 1 aliphatic heterocycles. The molecule has 2 aromatic rings. The number of carbonyl (C=O) groups is 1. The number of benzene rings is 2. The molecule has 0 saturated carbocycles. The Morgan fingerprint density at radius 1 is 1.11 bits per heavy atom. The highest BCUT2D eigenvalue weighted by molar-refractivity contribution is 6.30. The summed E-state index contributed by atoms with van der Waals surface area (Å²) in [7, 11) is 0. The van der Waals surface area contributed by atoms with Gasteiger partial charge in [0.25, 0.3) is 0 Å². The number of likely N-dealkylation sites (tertiary alicyclic amines) is 1. The first-order chi connectivity index (χ1) is 13.4. The van der Waals surface area contributed by atoms with Crippen LogP contribution in [0.3, 0.4) is 0 Å². The molecule has 1 heterocycles. The maximum atomic E-state index is 13.4. The van der Waals surface area contributed by atoms with Crippen LogP contribution < -0.4 is 0 Å². The molecule has 1 saturated heterocycles. The lowest BCUT2D eigenvalue weighted by atomic mass is 9.74. The van der Waals surface area contributed by atoms with Gasteiger partial charge in [0.2, 0.25) is 5.91 Å². The third kappa shape index (κ3) is 4.61. The van der Waals surface area contributed by atoms with E-state index in [4.69, 9.17) is 23.2 Å². The summed E-state index contributed by atoms with van der Waals surface area (Å²) in [6.07, 6.45) is 3.33. The average Bonchev–Trinajstić information content (AvgIpc) is 2.65. The van der Waals surface area contributed by atoms with E-state index >= 15 is 0 Å². The Kier molecular flexibility index (Phi) is 6.85. The van der Waals surface area contributed by atoms with Gasteiger partial charge >= 0.3 is 0 Å². The third-order valence-electron chi connectivity index (χ3n) is 5.39. The quantitative estimate of drug-likeness (QED) is 0.469. The molecule has 2 nitrogen and oxygen atoms in total. The molecule has 0 radical (unpaired) electrons. The third-order valence-corrected chi connectivity index (χ3v) is 5.88. The SMILES string of the molecule is C=CC[C@@H]1CC(c2cccc(Cl)c2)C(c2ccc(Cl)cc2)N(CC(C)C)C1=O. The molecule has 3 atom stereocenters. The largest absolute Gasteiger partial charge is 0.335 e. The van der Waals surface area contributed by atoms with Crippen LogP contribution in [-0.2, 0) is 4.79 Å². The standard InChI is InChI=1S/C24H27Cl2NO/c1-4-6-19-14-22(18-7-5-8-21(26)13-18)23(17-9-11-20(25)12-10-17)27(24(19)28)15-16(2)3/h4-5,7-13,16,19,22-23H,1,6,14-15H2,2-3H3/t19-,22?,23?/m1/s1. The molecule has 0 aliphatic carbocycles. The van der Waals surface area contributed by atoms with Gasteiger partial charge in [-0.3, -0.25) is 4.79 Å². The molecule has 4 heteroatoms. The highest BCUT2D eigenvalue weighted by atomic mass is 35.5. The van der Waals surface area contributed by atoms with Crippen LogP contribution in [0.2, 0.25) is 10.0 Å². The molecular weight excluding hydrogens is 389 g/mol. The maximum Gasteiger partial charge on any atom is 0.226 e. The van der Waals surface area contributed by atoms with E-state index in [0.29, 0.717) is 17.4 Å². The molecule has 1 amide bonds. The fourth-order valence-corrected chi connectivity index (χ4v) is 4.57. The molecule has 1 fully saturated rings. The van der Waals surface area contributed by atoms with Crippen molar-refractivity contribution in [1.82, 2.24) is 4.90 Å². The predicted octanol–water partition coefficient (Wildman–Crippen LogP) is 6.90. The molecule has 0 spiro atoms. The Labute approximate surface area is 178 Å². The lowest BCUT2D eigenvalue weighted by molar-refractivity contribution is -0.143. The van der Waals surface area contributed by atoms with Gasteiger partial charge in [-0.25, -0.2) is 0 Å². The van der Waals surface area contributed by atoms with Crippen molar-refractivity contribution in [1.29, 1.82) is 0 Å². The smallest absolute Gasteiger partial charge is 0.226 e. The fourth-order valence-electron chi connectivity index (χ4n) is 4.25. The van der Waals surface area contributed by atoms with Crippen molar-refractivity contribution in [3.8, 4) is 0 Å². The second kappa shape index (κ2) is 9.15. The first-order valence-corrected chi connectivity index (χ1v) is 10.6. The molecule has 28 heavy (non-hydrogen) atoms. The number of hydrogen-bond donors (Lipinski definition) is 0. The lowest BCUT2D eigenvalue weighted by Crippen LogP contribution is -2.48. The van der Waals surface area contributed by atoms with Crippen LogP contribution in [0.25, 0.3) is 0 Å². The van der Waals surface area contributed by atoms with Crippen molar-refractivity contribution in [2.24, 2.45) is 11.8 Å². The zero-order valence-electron chi connectivity index (χ0n) is 16.4. The number of hydrogen-bond acceptors (Lipinski definition) is 1. The summed E-state index contributed by atoms with van der Waals surface area (Å²) in [6.45, 7) is 8.89. The Balaban J connectivity index is 2.11. The molecular formula is C24H27Cl2NO. The summed E-state index contributed by atoms with van der Waals surface area (Å²) >= 11 is 12.4. The van der Waals surface area contributed by atoms with Crippen molar-refractivity contribution < 1.29 is 4.79 Å². The normalized spacial score (nSPS) is 22.5. The molecule has 0 N–H and O–H groups in total. The van der Waals surface area contributed by atoms with E-state index in [0.717, 1.165) is 23.6 Å². The minimum Gasteiger partial charge on any atom is -0.335 e. The second-order valence-electron chi connectivity index (χ2n) is 8.00.